The standard InChI is InChI=1S/C8H6N4O3/c13-6-2-1-4(3-5(6)8(14)15)7-9-11-12-10-7/h1-3,13H,(H,14,15)(H,9,10,11,12). The Morgan fingerprint density at radius 3 is 2.80 bits per heavy atom. The molecule has 0 fully saturated rings. The SMILES string of the molecule is O=C(O)c1cc(-c2nn[nH]n2)ccc1O. The Balaban J connectivity index is 2.52. The van der Waals surface area contributed by atoms with Gasteiger partial charge in [0.05, 0.1) is 0 Å². The summed E-state index contributed by atoms with van der Waals surface area (Å²) in [5, 5.41) is 31.0. The van der Waals surface area contributed by atoms with Gasteiger partial charge in [-0.2, -0.15) is 5.21 Å². The zero-order chi connectivity index (χ0) is 10.8. The molecule has 2 rings (SSSR count). The predicted molar refractivity (Wildman–Crippen MR) is 48.2 cm³/mol. The van der Waals surface area contributed by atoms with Gasteiger partial charge in [-0.3, -0.25) is 0 Å². The van der Waals surface area contributed by atoms with Crippen molar-refractivity contribution >= 4 is 5.97 Å². The molecular weight excluding hydrogens is 200 g/mol. The van der Waals surface area contributed by atoms with Crippen molar-refractivity contribution in [2.75, 3.05) is 0 Å². The number of H-pyrrole nitrogens is 1. The number of aromatic nitrogens is 4. The molecule has 3 N–H and O–H groups in total. The van der Waals surface area contributed by atoms with Crippen LogP contribution in [-0.2, 0) is 0 Å². The van der Waals surface area contributed by atoms with Crippen LogP contribution in [0.2, 0.25) is 0 Å². The van der Waals surface area contributed by atoms with E-state index in [1.807, 2.05) is 0 Å². The molecule has 0 spiro atoms. The van der Waals surface area contributed by atoms with Gasteiger partial charge in [-0.25, -0.2) is 4.79 Å². The average molecular weight is 206 g/mol. The highest BCUT2D eigenvalue weighted by atomic mass is 16.4. The molecule has 0 radical (unpaired) electrons. The van der Waals surface area contributed by atoms with Crippen LogP contribution in [0.25, 0.3) is 11.4 Å². The lowest BCUT2D eigenvalue weighted by molar-refractivity contribution is 0.0694. The van der Waals surface area contributed by atoms with Crippen LogP contribution >= 0.6 is 0 Å². The van der Waals surface area contributed by atoms with E-state index < -0.39 is 5.97 Å². The monoisotopic (exact) mass is 206 g/mol. The maximum absolute atomic E-state index is 10.7. The van der Waals surface area contributed by atoms with E-state index in [-0.39, 0.29) is 17.1 Å². The number of rotatable bonds is 2. The molecule has 0 saturated carbocycles. The van der Waals surface area contributed by atoms with Gasteiger partial charge >= 0.3 is 5.97 Å². The maximum Gasteiger partial charge on any atom is 0.339 e. The number of carboxylic acid groups (broad SMARTS) is 1. The molecule has 1 aromatic heterocycles. The number of aromatic hydroxyl groups is 1. The van der Waals surface area contributed by atoms with E-state index in [2.05, 4.69) is 20.6 Å². The predicted octanol–water partition coefficient (Wildman–Crippen LogP) is 0.270. The van der Waals surface area contributed by atoms with E-state index in [0.717, 1.165) is 0 Å². The van der Waals surface area contributed by atoms with Gasteiger partial charge in [0.15, 0.2) is 0 Å². The molecule has 0 aliphatic rings. The summed E-state index contributed by atoms with van der Waals surface area (Å²) in [6.07, 6.45) is 0. The molecule has 1 heterocycles. The fraction of sp³-hybridized carbons (Fsp3) is 0. The van der Waals surface area contributed by atoms with E-state index in [1.165, 1.54) is 18.2 Å². The van der Waals surface area contributed by atoms with E-state index in [1.54, 1.807) is 0 Å². The number of nitrogens with one attached hydrogen (secondary N) is 1. The summed E-state index contributed by atoms with van der Waals surface area (Å²) < 4.78 is 0. The van der Waals surface area contributed by atoms with Crippen LogP contribution in [0, 0.1) is 0 Å². The molecule has 0 bridgehead atoms. The van der Waals surface area contributed by atoms with Crippen molar-refractivity contribution in [2.24, 2.45) is 0 Å². The molecule has 0 amide bonds. The second-order valence-electron chi connectivity index (χ2n) is 2.77. The first-order valence-electron chi connectivity index (χ1n) is 3.98. The van der Waals surface area contributed by atoms with E-state index in [4.69, 9.17) is 5.11 Å². The molecule has 7 heteroatoms. The molecule has 7 nitrogen and oxygen atoms in total. The highest BCUT2D eigenvalue weighted by molar-refractivity contribution is 5.92. The average Bonchev–Trinajstić information content (AvgIpc) is 2.71. The lowest BCUT2D eigenvalue weighted by Crippen LogP contribution is -1.97. The minimum Gasteiger partial charge on any atom is -0.507 e. The number of hydrogen-bond donors (Lipinski definition) is 3. The Bertz CT molecular complexity index is 495. The Kier molecular flexibility index (Phi) is 2.05. The molecule has 1 aromatic carbocycles. The van der Waals surface area contributed by atoms with Crippen LogP contribution in [-0.4, -0.2) is 36.8 Å². The normalized spacial score (nSPS) is 10.1. The van der Waals surface area contributed by atoms with E-state index >= 15 is 0 Å². The van der Waals surface area contributed by atoms with Crippen molar-refractivity contribution in [3.63, 3.8) is 0 Å². The number of phenols is 1. The van der Waals surface area contributed by atoms with Gasteiger partial charge in [0.25, 0.3) is 0 Å². The maximum atomic E-state index is 10.7. The van der Waals surface area contributed by atoms with Crippen LogP contribution in [0.15, 0.2) is 18.2 Å². The van der Waals surface area contributed by atoms with Crippen LogP contribution in [0.5, 0.6) is 5.75 Å². The minimum atomic E-state index is -1.21. The van der Waals surface area contributed by atoms with Crippen LogP contribution in [0.3, 0.4) is 0 Å². The minimum absolute atomic E-state index is 0.197. The summed E-state index contributed by atoms with van der Waals surface area (Å²) in [6.45, 7) is 0. The van der Waals surface area contributed by atoms with Crippen LogP contribution in [0.1, 0.15) is 10.4 Å². The molecule has 2 aromatic rings. The topological polar surface area (TPSA) is 112 Å². The first-order valence-corrected chi connectivity index (χ1v) is 3.98. The zero-order valence-corrected chi connectivity index (χ0v) is 7.38. The van der Waals surface area contributed by atoms with Crippen LogP contribution < -0.4 is 0 Å². The molecule has 0 aliphatic heterocycles. The molecule has 0 unspecified atom stereocenters. The van der Waals surface area contributed by atoms with Crippen molar-refractivity contribution in [3.05, 3.63) is 23.8 Å². The van der Waals surface area contributed by atoms with Gasteiger partial charge in [-0.1, -0.05) is 0 Å². The highest BCUT2D eigenvalue weighted by Gasteiger charge is 2.12. The van der Waals surface area contributed by atoms with Gasteiger partial charge in [0.1, 0.15) is 11.3 Å². The summed E-state index contributed by atoms with van der Waals surface area (Å²) >= 11 is 0. The second kappa shape index (κ2) is 3.37. The second-order valence-corrected chi connectivity index (χ2v) is 2.77. The molecular formula is C8H6N4O3. The Morgan fingerprint density at radius 2 is 2.20 bits per heavy atom. The number of carbonyl (C=O) groups is 1. The summed E-state index contributed by atoms with van der Waals surface area (Å²) in [5.74, 6) is -1.23. The van der Waals surface area contributed by atoms with Gasteiger partial charge in [0.2, 0.25) is 5.82 Å². The van der Waals surface area contributed by atoms with Crippen molar-refractivity contribution in [2.45, 2.75) is 0 Å². The molecule has 0 aliphatic carbocycles. The Labute approximate surface area is 83.4 Å². The Hall–Kier alpha value is -2.44. The largest absolute Gasteiger partial charge is 0.507 e. The summed E-state index contributed by atoms with van der Waals surface area (Å²) in [7, 11) is 0. The van der Waals surface area contributed by atoms with Crippen molar-refractivity contribution in [1.82, 2.24) is 20.6 Å². The van der Waals surface area contributed by atoms with Crippen LogP contribution in [0.4, 0.5) is 0 Å². The number of carboxylic acids is 1. The van der Waals surface area contributed by atoms with Crippen molar-refractivity contribution < 1.29 is 15.0 Å². The number of nitrogens with zero attached hydrogens (tertiary/aromatic N) is 3. The van der Waals surface area contributed by atoms with Gasteiger partial charge < -0.3 is 10.2 Å². The number of aromatic amines is 1. The zero-order valence-electron chi connectivity index (χ0n) is 7.38. The van der Waals surface area contributed by atoms with Crippen molar-refractivity contribution in [3.8, 4) is 17.1 Å². The summed E-state index contributed by atoms with van der Waals surface area (Å²) in [5.41, 5.74) is 0.274. The number of tetrazole rings is 1. The Morgan fingerprint density at radius 1 is 1.40 bits per heavy atom. The fourth-order valence-corrected chi connectivity index (χ4v) is 1.13. The lowest BCUT2D eigenvalue weighted by atomic mass is 10.1. The first-order chi connectivity index (χ1) is 7.18. The lowest BCUT2D eigenvalue weighted by Gasteiger charge is -2.00. The van der Waals surface area contributed by atoms with Crippen molar-refractivity contribution in [1.29, 1.82) is 0 Å². The van der Waals surface area contributed by atoms with Gasteiger partial charge in [0, 0.05) is 5.56 Å². The first kappa shape index (κ1) is 9.13. The third-order valence-corrected chi connectivity index (χ3v) is 1.83. The number of aromatic carboxylic acids is 1. The fourth-order valence-electron chi connectivity index (χ4n) is 1.13. The molecule has 0 saturated heterocycles. The quantitative estimate of drug-likeness (QED) is 0.650. The third-order valence-electron chi connectivity index (χ3n) is 1.83. The number of benzene rings is 1. The van der Waals surface area contributed by atoms with E-state index in [9.17, 15) is 9.90 Å². The molecule has 15 heavy (non-hydrogen) atoms. The third kappa shape index (κ3) is 1.62. The summed E-state index contributed by atoms with van der Waals surface area (Å²) in [4.78, 5) is 10.7. The number of hydrogen-bond acceptors (Lipinski definition) is 5. The molecule has 0 atom stereocenters. The van der Waals surface area contributed by atoms with Gasteiger partial charge in [-0.15, -0.1) is 10.2 Å². The van der Waals surface area contributed by atoms with Gasteiger partial charge in [-0.05, 0) is 23.4 Å². The van der Waals surface area contributed by atoms with E-state index in [0.29, 0.717) is 5.56 Å². The smallest absolute Gasteiger partial charge is 0.339 e. The molecule has 76 valence electrons. The highest BCUT2D eigenvalue weighted by Crippen LogP contribution is 2.22. The summed E-state index contributed by atoms with van der Waals surface area (Å²) in [6, 6.07) is 4.06.